The molecule has 0 spiro atoms. The lowest BCUT2D eigenvalue weighted by Gasteiger charge is -2.21. The zero-order valence-corrected chi connectivity index (χ0v) is 14.2. The van der Waals surface area contributed by atoms with Crippen molar-refractivity contribution in [2.75, 3.05) is 18.0 Å². The third-order valence-electron chi connectivity index (χ3n) is 4.32. The zero-order chi connectivity index (χ0) is 15.2. The standard InChI is InChI=1S/C18H25N3S/c1-15-8-11-22-17(15)14-19-12-16-6-7-18(20-13-16)21-9-4-2-3-5-10-21/h6-8,11,13,19H,2-5,9-10,12,14H2,1H3. The summed E-state index contributed by atoms with van der Waals surface area (Å²) in [5, 5.41) is 5.67. The van der Waals surface area contributed by atoms with Crippen LogP contribution in [0.2, 0.25) is 0 Å². The van der Waals surface area contributed by atoms with Gasteiger partial charge in [0, 0.05) is 37.3 Å². The maximum atomic E-state index is 4.67. The molecule has 2 aromatic rings. The monoisotopic (exact) mass is 315 g/mol. The molecule has 0 aromatic carbocycles. The smallest absolute Gasteiger partial charge is 0.128 e. The average Bonchev–Trinajstić information content (AvgIpc) is 2.79. The number of aryl methyl sites for hydroxylation is 1. The van der Waals surface area contributed by atoms with Gasteiger partial charge >= 0.3 is 0 Å². The van der Waals surface area contributed by atoms with Crippen LogP contribution < -0.4 is 10.2 Å². The van der Waals surface area contributed by atoms with Gasteiger partial charge in [-0.2, -0.15) is 0 Å². The largest absolute Gasteiger partial charge is 0.357 e. The Balaban J connectivity index is 1.51. The molecule has 0 bridgehead atoms. The highest BCUT2D eigenvalue weighted by Gasteiger charge is 2.10. The Labute approximate surface area is 137 Å². The number of pyridine rings is 1. The van der Waals surface area contributed by atoms with Crippen LogP contribution in [-0.2, 0) is 13.1 Å². The highest BCUT2D eigenvalue weighted by molar-refractivity contribution is 7.10. The Morgan fingerprint density at radius 3 is 2.55 bits per heavy atom. The average molecular weight is 315 g/mol. The molecule has 22 heavy (non-hydrogen) atoms. The molecule has 3 heterocycles. The van der Waals surface area contributed by atoms with Crippen LogP contribution in [0.3, 0.4) is 0 Å². The Hall–Kier alpha value is -1.39. The highest BCUT2D eigenvalue weighted by atomic mass is 32.1. The summed E-state index contributed by atoms with van der Waals surface area (Å²) in [5.41, 5.74) is 2.64. The molecule has 1 aliphatic heterocycles. The molecule has 4 heteroatoms. The van der Waals surface area contributed by atoms with Crippen molar-refractivity contribution in [1.82, 2.24) is 10.3 Å². The minimum absolute atomic E-state index is 0.880. The number of rotatable bonds is 5. The molecule has 0 radical (unpaired) electrons. The summed E-state index contributed by atoms with van der Waals surface area (Å²) >= 11 is 1.82. The van der Waals surface area contributed by atoms with Crippen molar-refractivity contribution in [3.05, 3.63) is 45.8 Å². The number of nitrogens with one attached hydrogen (secondary N) is 1. The Morgan fingerprint density at radius 2 is 1.91 bits per heavy atom. The number of hydrogen-bond donors (Lipinski definition) is 1. The van der Waals surface area contributed by atoms with E-state index in [1.165, 1.54) is 41.7 Å². The molecule has 0 aliphatic carbocycles. The lowest BCUT2D eigenvalue weighted by molar-refractivity contribution is 0.695. The summed E-state index contributed by atoms with van der Waals surface area (Å²) < 4.78 is 0. The van der Waals surface area contributed by atoms with Gasteiger partial charge in [0.25, 0.3) is 0 Å². The van der Waals surface area contributed by atoms with Crippen molar-refractivity contribution < 1.29 is 0 Å². The fourth-order valence-electron chi connectivity index (χ4n) is 2.91. The van der Waals surface area contributed by atoms with Gasteiger partial charge in [-0.15, -0.1) is 11.3 Å². The number of aromatic nitrogens is 1. The summed E-state index contributed by atoms with van der Waals surface area (Å²) in [6.45, 7) is 6.30. The van der Waals surface area contributed by atoms with E-state index < -0.39 is 0 Å². The molecule has 0 atom stereocenters. The van der Waals surface area contributed by atoms with Crippen LogP contribution in [0.1, 0.15) is 41.7 Å². The van der Waals surface area contributed by atoms with Crippen molar-refractivity contribution in [1.29, 1.82) is 0 Å². The SMILES string of the molecule is Cc1ccsc1CNCc1ccc(N2CCCCCC2)nc1. The first kappa shape index (κ1) is 15.5. The predicted molar refractivity (Wildman–Crippen MR) is 94.5 cm³/mol. The van der Waals surface area contributed by atoms with E-state index in [0.29, 0.717) is 0 Å². The Bertz CT molecular complexity index is 568. The lowest BCUT2D eigenvalue weighted by atomic mass is 10.2. The number of nitrogens with zero attached hydrogens (tertiary/aromatic N) is 2. The van der Waals surface area contributed by atoms with Crippen molar-refractivity contribution in [3.8, 4) is 0 Å². The zero-order valence-electron chi connectivity index (χ0n) is 13.3. The van der Waals surface area contributed by atoms with E-state index in [2.05, 4.69) is 45.7 Å². The van der Waals surface area contributed by atoms with Crippen molar-refractivity contribution in [2.24, 2.45) is 0 Å². The van der Waals surface area contributed by atoms with Crippen molar-refractivity contribution in [3.63, 3.8) is 0 Å². The normalized spacial score (nSPS) is 15.8. The second-order valence-corrected chi connectivity index (χ2v) is 7.06. The second kappa shape index (κ2) is 7.75. The van der Waals surface area contributed by atoms with E-state index in [1.54, 1.807) is 0 Å². The lowest BCUT2D eigenvalue weighted by Crippen LogP contribution is -2.24. The van der Waals surface area contributed by atoms with Crippen molar-refractivity contribution >= 4 is 17.2 Å². The van der Waals surface area contributed by atoms with Gasteiger partial charge in [-0.25, -0.2) is 4.98 Å². The van der Waals surface area contributed by atoms with E-state index in [-0.39, 0.29) is 0 Å². The van der Waals surface area contributed by atoms with Gasteiger partial charge in [-0.3, -0.25) is 0 Å². The van der Waals surface area contributed by atoms with Gasteiger partial charge in [-0.1, -0.05) is 18.9 Å². The van der Waals surface area contributed by atoms with E-state index >= 15 is 0 Å². The predicted octanol–water partition coefficient (Wildman–Crippen LogP) is 4.12. The first-order chi connectivity index (χ1) is 10.8. The molecule has 3 rings (SSSR count). The summed E-state index contributed by atoms with van der Waals surface area (Å²) in [7, 11) is 0. The van der Waals surface area contributed by atoms with E-state index in [0.717, 1.165) is 32.0 Å². The van der Waals surface area contributed by atoms with Gasteiger partial charge < -0.3 is 10.2 Å². The van der Waals surface area contributed by atoms with Crippen LogP contribution in [-0.4, -0.2) is 18.1 Å². The minimum Gasteiger partial charge on any atom is -0.357 e. The number of thiophene rings is 1. The quantitative estimate of drug-likeness (QED) is 0.899. The molecule has 1 N–H and O–H groups in total. The van der Waals surface area contributed by atoms with Crippen LogP contribution in [0.25, 0.3) is 0 Å². The fraction of sp³-hybridized carbons (Fsp3) is 0.500. The van der Waals surface area contributed by atoms with Gasteiger partial charge in [0.2, 0.25) is 0 Å². The summed E-state index contributed by atoms with van der Waals surface area (Å²) in [5.74, 6) is 1.14. The van der Waals surface area contributed by atoms with Gasteiger partial charge in [0.1, 0.15) is 5.82 Å². The van der Waals surface area contributed by atoms with E-state index in [1.807, 2.05) is 17.5 Å². The topological polar surface area (TPSA) is 28.2 Å². The summed E-state index contributed by atoms with van der Waals surface area (Å²) in [4.78, 5) is 8.52. The third-order valence-corrected chi connectivity index (χ3v) is 5.35. The van der Waals surface area contributed by atoms with E-state index in [4.69, 9.17) is 0 Å². The molecule has 1 fully saturated rings. The maximum Gasteiger partial charge on any atom is 0.128 e. The van der Waals surface area contributed by atoms with Crippen molar-refractivity contribution in [2.45, 2.75) is 45.7 Å². The van der Waals surface area contributed by atoms with Crippen LogP contribution >= 0.6 is 11.3 Å². The minimum atomic E-state index is 0.880. The van der Waals surface area contributed by atoms with E-state index in [9.17, 15) is 0 Å². The first-order valence-electron chi connectivity index (χ1n) is 8.26. The summed E-state index contributed by atoms with van der Waals surface area (Å²) in [6.07, 6.45) is 7.34. The molecule has 1 aliphatic rings. The van der Waals surface area contributed by atoms with Crippen LogP contribution in [0.5, 0.6) is 0 Å². The van der Waals surface area contributed by atoms with Crippen LogP contribution in [0.4, 0.5) is 5.82 Å². The molecular formula is C18H25N3S. The highest BCUT2D eigenvalue weighted by Crippen LogP contribution is 2.18. The maximum absolute atomic E-state index is 4.67. The van der Waals surface area contributed by atoms with Gasteiger partial charge in [-0.05, 0) is 48.4 Å². The molecule has 0 amide bonds. The molecule has 3 nitrogen and oxygen atoms in total. The Morgan fingerprint density at radius 1 is 1.09 bits per heavy atom. The molecular weight excluding hydrogens is 290 g/mol. The summed E-state index contributed by atoms with van der Waals surface area (Å²) in [6, 6.07) is 6.57. The number of hydrogen-bond acceptors (Lipinski definition) is 4. The molecule has 118 valence electrons. The van der Waals surface area contributed by atoms with Gasteiger partial charge in [0.15, 0.2) is 0 Å². The molecule has 0 saturated carbocycles. The number of anilines is 1. The molecule has 1 saturated heterocycles. The fourth-order valence-corrected chi connectivity index (χ4v) is 3.79. The van der Waals surface area contributed by atoms with Crippen LogP contribution in [0.15, 0.2) is 29.8 Å². The van der Waals surface area contributed by atoms with Crippen LogP contribution in [0, 0.1) is 6.92 Å². The first-order valence-corrected chi connectivity index (χ1v) is 9.14. The second-order valence-electron chi connectivity index (χ2n) is 6.06. The third kappa shape index (κ3) is 4.08. The van der Waals surface area contributed by atoms with Gasteiger partial charge in [0.05, 0.1) is 0 Å². The molecule has 2 aromatic heterocycles. The Kier molecular flexibility index (Phi) is 5.46. The molecule has 0 unspecified atom stereocenters.